The van der Waals surface area contributed by atoms with Gasteiger partial charge in [0.25, 0.3) is 5.91 Å². The highest BCUT2D eigenvalue weighted by Crippen LogP contribution is 2.10. The van der Waals surface area contributed by atoms with Crippen LogP contribution in [0.4, 0.5) is 4.79 Å². The molecule has 0 spiro atoms. The van der Waals surface area contributed by atoms with Gasteiger partial charge in [-0.3, -0.25) is 14.8 Å². The molecular formula is C16H22N2O6. The minimum atomic E-state index is -1.31. The number of hydrogen-bond acceptors (Lipinski definition) is 6. The topological polar surface area (TPSA) is 114 Å². The number of alkyl carbamates (subject to hydrolysis) is 1. The molecule has 1 atom stereocenters. The van der Waals surface area contributed by atoms with Crippen molar-refractivity contribution in [3.05, 3.63) is 35.9 Å². The molecule has 0 aliphatic heterocycles. The Balaban J connectivity index is 2.57. The second kappa shape index (κ2) is 8.88. The maximum absolute atomic E-state index is 11.8. The van der Waals surface area contributed by atoms with Crippen molar-refractivity contribution in [3.8, 4) is 0 Å². The van der Waals surface area contributed by atoms with E-state index >= 15 is 0 Å². The van der Waals surface area contributed by atoms with E-state index in [1.165, 1.54) is 5.48 Å². The zero-order chi connectivity index (χ0) is 18.2. The summed E-state index contributed by atoms with van der Waals surface area (Å²) in [7, 11) is 0. The van der Waals surface area contributed by atoms with Crippen molar-refractivity contribution < 1.29 is 29.1 Å². The summed E-state index contributed by atoms with van der Waals surface area (Å²) in [6.45, 7) is 5.03. The van der Waals surface area contributed by atoms with Crippen molar-refractivity contribution >= 4 is 18.0 Å². The van der Waals surface area contributed by atoms with Crippen LogP contribution in [0.2, 0.25) is 0 Å². The standard InChI is InChI=1S/C16H22N2O6/c1-16(2,3)24-13(19)9-12(14(20)18-22)17-15(21)23-10-11-7-5-4-6-8-11/h4-8,12,22H,9-10H2,1-3H3,(H,17,21)(H,18,20)/t12-/m0/s1. The van der Waals surface area contributed by atoms with E-state index in [9.17, 15) is 14.4 Å². The smallest absolute Gasteiger partial charge is 0.408 e. The third-order valence-corrected chi connectivity index (χ3v) is 2.72. The summed E-state index contributed by atoms with van der Waals surface area (Å²) in [5.74, 6) is -1.64. The summed E-state index contributed by atoms with van der Waals surface area (Å²) < 4.78 is 10.1. The summed E-state index contributed by atoms with van der Waals surface area (Å²) in [4.78, 5) is 35.1. The number of carbonyl (C=O) groups is 3. The Hall–Kier alpha value is -2.61. The normalized spacial score (nSPS) is 12.0. The number of hydrogen-bond donors (Lipinski definition) is 3. The van der Waals surface area contributed by atoms with Gasteiger partial charge in [-0.25, -0.2) is 10.3 Å². The van der Waals surface area contributed by atoms with Crippen LogP contribution in [0.15, 0.2) is 30.3 Å². The minimum Gasteiger partial charge on any atom is -0.460 e. The van der Waals surface area contributed by atoms with Crippen LogP contribution in [-0.2, 0) is 25.7 Å². The lowest BCUT2D eigenvalue weighted by molar-refractivity contribution is -0.157. The molecule has 0 fully saturated rings. The minimum absolute atomic E-state index is 0.00652. The molecule has 0 aromatic heterocycles. The van der Waals surface area contributed by atoms with Gasteiger partial charge in [0.05, 0.1) is 6.42 Å². The van der Waals surface area contributed by atoms with Gasteiger partial charge in [0.15, 0.2) is 0 Å². The molecule has 8 nitrogen and oxygen atoms in total. The van der Waals surface area contributed by atoms with E-state index in [0.717, 1.165) is 5.56 Å². The van der Waals surface area contributed by atoms with Crippen molar-refractivity contribution in [1.29, 1.82) is 0 Å². The zero-order valence-electron chi connectivity index (χ0n) is 13.9. The van der Waals surface area contributed by atoms with Crippen molar-refractivity contribution in [2.24, 2.45) is 0 Å². The fourth-order valence-electron chi connectivity index (χ4n) is 1.74. The summed E-state index contributed by atoms with van der Waals surface area (Å²) in [5.41, 5.74) is 1.43. The highest BCUT2D eigenvalue weighted by molar-refractivity contribution is 5.88. The van der Waals surface area contributed by atoms with Gasteiger partial charge in [-0.1, -0.05) is 30.3 Å². The highest BCUT2D eigenvalue weighted by atomic mass is 16.6. The van der Waals surface area contributed by atoms with Gasteiger partial charge >= 0.3 is 12.1 Å². The summed E-state index contributed by atoms with van der Waals surface area (Å²) in [5, 5.41) is 10.9. The van der Waals surface area contributed by atoms with Crippen LogP contribution in [0.3, 0.4) is 0 Å². The molecule has 0 unspecified atom stereocenters. The van der Waals surface area contributed by atoms with Crippen LogP contribution in [0.5, 0.6) is 0 Å². The van der Waals surface area contributed by atoms with E-state index in [2.05, 4.69) is 5.32 Å². The average molecular weight is 338 g/mol. The Labute approximate surface area is 140 Å². The Kier molecular flexibility index (Phi) is 7.19. The van der Waals surface area contributed by atoms with Gasteiger partial charge in [-0.15, -0.1) is 0 Å². The maximum atomic E-state index is 11.8. The van der Waals surface area contributed by atoms with E-state index < -0.39 is 36.0 Å². The first kappa shape index (κ1) is 19.4. The lowest BCUT2D eigenvalue weighted by atomic mass is 10.1. The quantitative estimate of drug-likeness (QED) is 0.412. The Morgan fingerprint density at radius 1 is 1.17 bits per heavy atom. The van der Waals surface area contributed by atoms with Gasteiger partial charge in [-0.05, 0) is 26.3 Å². The molecule has 8 heteroatoms. The Morgan fingerprint density at radius 2 is 1.79 bits per heavy atom. The molecule has 0 saturated heterocycles. The van der Waals surface area contributed by atoms with Crippen LogP contribution in [-0.4, -0.2) is 34.8 Å². The van der Waals surface area contributed by atoms with Crippen molar-refractivity contribution in [3.63, 3.8) is 0 Å². The number of nitrogens with one attached hydrogen (secondary N) is 2. The number of rotatable bonds is 6. The number of benzene rings is 1. The van der Waals surface area contributed by atoms with Crippen LogP contribution < -0.4 is 10.8 Å². The first-order valence-electron chi connectivity index (χ1n) is 7.34. The molecule has 0 aliphatic carbocycles. The maximum Gasteiger partial charge on any atom is 0.408 e. The third kappa shape index (κ3) is 7.59. The fourth-order valence-corrected chi connectivity index (χ4v) is 1.74. The van der Waals surface area contributed by atoms with E-state index in [1.807, 2.05) is 6.07 Å². The number of esters is 1. The van der Waals surface area contributed by atoms with Crippen LogP contribution in [0, 0.1) is 0 Å². The van der Waals surface area contributed by atoms with E-state index in [4.69, 9.17) is 14.7 Å². The molecule has 0 saturated carbocycles. The fraction of sp³-hybridized carbons (Fsp3) is 0.438. The largest absolute Gasteiger partial charge is 0.460 e. The van der Waals surface area contributed by atoms with Crippen LogP contribution in [0.25, 0.3) is 0 Å². The highest BCUT2D eigenvalue weighted by Gasteiger charge is 2.27. The molecule has 2 amide bonds. The number of amides is 2. The number of ether oxygens (including phenoxy) is 2. The van der Waals surface area contributed by atoms with Gasteiger partial charge in [0, 0.05) is 0 Å². The zero-order valence-corrected chi connectivity index (χ0v) is 13.9. The van der Waals surface area contributed by atoms with E-state index in [1.54, 1.807) is 45.0 Å². The van der Waals surface area contributed by atoms with Gasteiger partial charge in [-0.2, -0.15) is 0 Å². The van der Waals surface area contributed by atoms with Gasteiger partial charge in [0.1, 0.15) is 18.2 Å². The molecule has 0 heterocycles. The summed E-state index contributed by atoms with van der Waals surface area (Å²) in [6, 6.07) is 7.64. The molecule has 132 valence electrons. The molecule has 0 bridgehead atoms. The lowest BCUT2D eigenvalue weighted by Crippen LogP contribution is -2.47. The van der Waals surface area contributed by atoms with Crippen LogP contribution >= 0.6 is 0 Å². The predicted octanol–water partition coefficient (Wildman–Crippen LogP) is 1.52. The average Bonchev–Trinajstić information content (AvgIpc) is 2.50. The Morgan fingerprint density at radius 3 is 2.33 bits per heavy atom. The summed E-state index contributed by atoms with van der Waals surface area (Å²) >= 11 is 0. The van der Waals surface area contributed by atoms with E-state index in [-0.39, 0.29) is 6.61 Å². The molecule has 0 radical (unpaired) electrons. The van der Waals surface area contributed by atoms with Gasteiger partial charge < -0.3 is 14.8 Å². The van der Waals surface area contributed by atoms with Crippen molar-refractivity contribution in [2.75, 3.05) is 0 Å². The van der Waals surface area contributed by atoms with Gasteiger partial charge in [0.2, 0.25) is 0 Å². The molecule has 1 aromatic carbocycles. The number of hydroxylamine groups is 1. The third-order valence-electron chi connectivity index (χ3n) is 2.72. The first-order valence-corrected chi connectivity index (χ1v) is 7.34. The number of carbonyl (C=O) groups excluding carboxylic acids is 3. The molecule has 1 rings (SSSR count). The van der Waals surface area contributed by atoms with Crippen molar-refractivity contribution in [2.45, 2.75) is 45.4 Å². The summed E-state index contributed by atoms with van der Waals surface area (Å²) in [6.07, 6.45) is -1.33. The van der Waals surface area contributed by atoms with E-state index in [0.29, 0.717) is 0 Å². The second-order valence-corrected chi connectivity index (χ2v) is 6.03. The molecular weight excluding hydrogens is 316 g/mol. The second-order valence-electron chi connectivity index (χ2n) is 6.03. The van der Waals surface area contributed by atoms with Crippen LogP contribution in [0.1, 0.15) is 32.8 Å². The predicted molar refractivity (Wildman–Crippen MR) is 83.9 cm³/mol. The Bertz CT molecular complexity index is 568. The monoisotopic (exact) mass is 338 g/mol. The molecule has 0 aliphatic rings. The first-order chi connectivity index (χ1) is 11.2. The molecule has 24 heavy (non-hydrogen) atoms. The molecule has 3 N–H and O–H groups in total. The lowest BCUT2D eigenvalue weighted by Gasteiger charge is -2.22. The molecule has 1 aromatic rings. The SMILES string of the molecule is CC(C)(C)OC(=O)C[C@H](NC(=O)OCc1ccccc1)C(=O)NO. The van der Waals surface area contributed by atoms with Crippen molar-refractivity contribution in [1.82, 2.24) is 10.8 Å².